The first-order valence-corrected chi connectivity index (χ1v) is 10.7. The SMILES string of the molecule is CC(C)COC(=O)C(C)Oc1ccc2c(=O)c(Oc3ccccc3Br)c(C(F)(F)F)oc2c1. The first kappa shape index (κ1) is 24.6. The summed E-state index contributed by atoms with van der Waals surface area (Å²) in [6, 6.07) is 9.86. The summed E-state index contributed by atoms with van der Waals surface area (Å²) in [5.41, 5.74) is -1.37. The Morgan fingerprint density at radius 2 is 1.82 bits per heavy atom. The van der Waals surface area contributed by atoms with Gasteiger partial charge in [-0.1, -0.05) is 26.0 Å². The van der Waals surface area contributed by atoms with E-state index < -0.39 is 35.2 Å². The van der Waals surface area contributed by atoms with E-state index in [1.54, 1.807) is 18.2 Å². The van der Waals surface area contributed by atoms with Gasteiger partial charge in [0.2, 0.25) is 11.2 Å². The molecule has 0 saturated heterocycles. The van der Waals surface area contributed by atoms with E-state index in [1.807, 2.05) is 13.8 Å². The Balaban J connectivity index is 1.99. The molecule has 3 aromatic rings. The van der Waals surface area contributed by atoms with Gasteiger partial charge < -0.3 is 18.6 Å². The summed E-state index contributed by atoms with van der Waals surface area (Å²) in [7, 11) is 0. The lowest BCUT2D eigenvalue weighted by Crippen LogP contribution is -2.27. The zero-order valence-corrected chi connectivity index (χ0v) is 19.5. The van der Waals surface area contributed by atoms with Crippen molar-refractivity contribution in [3.05, 3.63) is 62.9 Å². The molecule has 1 heterocycles. The van der Waals surface area contributed by atoms with Crippen LogP contribution < -0.4 is 14.9 Å². The van der Waals surface area contributed by atoms with Gasteiger partial charge in [-0.15, -0.1) is 0 Å². The van der Waals surface area contributed by atoms with E-state index in [4.69, 9.17) is 18.6 Å². The molecule has 0 saturated carbocycles. The van der Waals surface area contributed by atoms with Gasteiger partial charge in [-0.25, -0.2) is 4.79 Å². The highest BCUT2D eigenvalue weighted by atomic mass is 79.9. The van der Waals surface area contributed by atoms with E-state index in [9.17, 15) is 22.8 Å². The molecule has 1 atom stereocenters. The lowest BCUT2D eigenvalue weighted by atomic mass is 10.2. The van der Waals surface area contributed by atoms with Crippen LogP contribution in [0.1, 0.15) is 26.5 Å². The van der Waals surface area contributed by atoms with Crippen LogP contribution >= 0.6 is 15.9 Å². The highest BCUT2D eigenvalue weighted by molar-refractivity contribution is 9.10. The molecule has 0 aliphatic rings. The molecule has 0 fully saturated rings. The number of hydrogen-bond donors (Lipinski definition) is 0. The minimum atomic E-state index is -5.01. The number of alkyl halides is 3. The second-order valence-electron chi connectivity index (χ2n) is 7.56. The lowest BCUT2D eigenvalue weighted by Gasteiger charge is -2.16. The summed E-state index contributed by atoms with van der Waals surface area (Å²) in [5, 5.41) is -0.146. The molecular formula is C23H20BrF3O6. The van der Waals surface area contributed by atoms with Gasteiger partial charge in [-0.05, 0) is 53.0 Å². The first-order chi connectivity index (χ1) is 15.5. The number of carbonyl (C=O) groups is 1. The fraction of sp³-hybridized carbons (Fsp3) is 0.304. The van der Waals surface area contributed by atoms with Gasteiger partial charge in [0.05, 0.1) is 16.5 Å². The highest BCUT2D eigenvalue weighted by Gasteiger charge is 2.40. The monoisotopic (exact) mass is 528 g/mol. The van der Waals surface area contributed by atoms with Crippen molar-refractivity contribution in [3.8, 4) is 17.2 Å². The maximum Gasteiger partial charge on any atom is 0.453 e. The van der Waals surface area contributed by atoms with E-state index in [2.05, 4.69) is 15.9 Å². The summed E-state index contributed by atoms with van der Waals surface area (Å²) < 4.78 is 62.4. The quantitative estimate of drug-likeness (QED) is 0.333. The van der Waals surface area contributed by atoms with Crippen molar-refractivity contribution >= 4 is 32.9 Å². The van der Waals surface area contributed by atoms with Crippen LogP contribution in [0.5, 0.6) is 17.2 Å². The molecule has 176 valence electrons. The number of rotatable bonds is 7. The third-order valence-corrected chi connectivity index (χ3v) is 4.99. The lowest BCUT2D eigenvalue weighted by molar-refractivity contribution is -0.154. The van der Waals surface area contributed by atoms with Gasteiger partial charge in [0.1, 0.15) is 17.1 Å². The van der Waals surface area contributed by atoms with E-state index >= 15 is 0 Å². The molecule has 2 aromatic carbocycles. The highest BCUT2D eigenvalue weighted by Crippen LogP contribution is 2.39. The fourth-order valence-corrected chi connectivity index (χ4v) is 3.13. The number of hydrogen-bond acceptors (Lipinski definition) is 6. The average Bonchev–Trinajstić information content (AvgIpc) is 2.74. The molecular weight excluding hydrogens is 509 g/mol. The summed E-state index contributed by atoms with van der Waals surface area (Å²) >= 11 is 3.17. The second kappa shape index (κ2) is 9.86. The Labute approximate surface area is 195 Å². The number of ether oxygens (including phenoxy) is 3. The Kier molecular flexibility index (Phi) is 7.36. The molecule has 10 heteroatoms. The van der Waals surface area contributed by atoms with Gasteiger partial charge in [0.15, 0.2) is 6.10 Å². The minimum absolute atomic E-state index is 0.0170. The van der Waals surface area contributed by atoms with Crippen LogP contribution in [0.25, 0.3) is 11.0 Å². The van der Waals surface area contributed by atoms with Gasteiger partial charge in [0.25, 0.3) is 5.76 Å². The van der Waals surface area contributed by atoms with Crippen LogP contribution in [0.2, 0.25) is 0 Å². The maximum absolute atomic E-state index is 13.7. The molecule has 3 rings (SSSR count). The maximum atomic E-state index is 13.7. The standard InChI is InChI=1S/C23H20BrF3O6/c1-12(2)11-30-22(29)13(3)31-14-8-9-15-18(10-14)33-21(23(25,26)27)20(19(15)28)32-17-7-5-4-6-16(17)24/h4-10,12-13H,11H2,1-3H3. The van der Waals surface area contributed by atoms with Crippen LogP contribution in [0.15, 0.2) is 56.1 Å². The van der Waals surface area contributed by atoms with Crippen LogP contribution in [-0.2, 0) is 15.7 Å². The third-order valence-electron chi connectivity index (χ3n) is 4.33. The van der Waals surface area contributed by atoms with Gasteiger partial charge in [-0.3, -0.25) is 4.79 Å². The predicted octanol–water partition coefficient (Wildman–Crippen LogP) is 6.33. The van der Waals surface area contributed by atoms with Crippen molar-refractivity contribution in [3.63, 3.8) is 0 Å². The normalized spacial score (nSPS) is 12.6. The van der Waals surface area contributed by atoms with E-state index in [0.717, 1.165) is 6.07 Å². The largest absolute Gasteiger partial charge is 0.479 e. The van der Waals surface area contributed by atoms with Crippen molar-refractivity contribution in [1.29, 1.82) is 0 Å². The van der Waals surface area contributed by atoms with Crippen molar-refractivity contribution in [1.82, 2.24) is 0 Å². The van der Waals surface area contributed by atoms with Crippen LogP contribution in [0.4, 0.5) is 13.2 Å². The molecule has 33 heavy (non-hydrogen) atoms. The molecule has 0 aliphatic heterocycles. The number of carbonyl (C=O) groups excluding carboxylic acids is 1. The minimum Gasteiger partial charge on any atom is -0.479 e. The summed E-state index contributed by atoms with van der Waals surface area (Å²) in [6.45, 7) is 5.39. The molecule has 1 aromatic heterocycles. The van der Waals surface area contributed by atoms with E-state index in [0.29, 0.717) is 4.47 Å². The third kappa shape index (κ3) is 5.87. The Morgan fingerprint density at radius 3 is 2.45 bits per heavy atom. The van der Waals surface area contributed by atoms with Crippen molar-refractivity contribution in [2.24, 2.45) is 5.92 Å². The molecule has 0 aliphatic carbocycles. The number of esters is 1. The smallest absolute Gasteiger partial charge is 0.453 e. The molecule has 0 amide bonds. The fourth-order valence-electron chi connectivity index (χ4n) is 2.76. The van der Waals surface area contributed by atoms with E-state index in [1.165, 1.54) is 25.1 Å². The molecule has 0 N–H and O–H groups in total. The van der Waals surface area contributed by atoms with Crippen molar-refractivity contribution in [2.45, 2.75) is 33.1 Å². The average molecular weight is 529 g/mol. The molecule has 6 nitrogen and oxygen atoms in total. The molecule has 0 radical (unpaired) electrons. The molecule has 1 unspecified atom stereocenters. The zero-order chi connectivity index (χ0) is 24.3. The Bertz CT molecular complexity index is 1220. The molecule has 0 bridgehead atoms. The summed E-state index contributed by atoms with van der Waals surface area (Å²) in [4.78, 5) is 24.9. The van der Waals surface area contributed by atoms with Gasteiger partial charge in [0, 0.05) is 6.07 Å². The van der Waals surface area contributed by atoms with Crippen LogP contribution in [0, 0.1) is 5.92 Å². The summed E-state index contributed by atoms with van der Waals surface area (Å²) in [5.74, 6) is -3.02. The second-order valence-corrected chi connectivity index (χ2v) is 8.42. The van der Waals surface area contributed by atoms with Crippen molar-refractivity contribution in [2.75, 3.05) is 6.61 Å². The van der Waals surface area contributed by atoms with Crippen molar-refractivity contribution < 1.29 is 36.6 Å². The molecule has 0 spiro atoms. The zero-order valence-electron chi connectivity index (χ0n) is 17.9. The van der Waals surface area contributed by atoms with Crippen LogP contribution in [-0.4, -0.2) is 18.7 Å². The summed E-state index contributed by atoms with van der Waals surface area (Å²) in [6.07, 6.45) is -6.03. The Morgan fingerprint density at radius 1 is 1.12 bits per heavy atom. The topological polar surface area (TPSA) is 75.0 Å². The number of fused-ring (bicyclic) bond motifs is 1. The number of benzene rings is 2. The first-order valence-electron chi connectivity index (χ1n) is 9.91. The predicted molar refractivity (Wildman–Crippen MR) is 118 cm³/mol. The van der Waals surface area contributed by atoms with Gasteiger partial charge in [-0.2, -0.15) is 13.2 Å². The Hall–Kier alpha value is -3.01. The van der Waals surface area contributed by atoms with Crippen LogP contribution in [0.3, 0.4) is 0 Å². The van der Waals surface area contributed by atoms with Gasteiger partial charge >= 0.3 is 12.1 Å². The number of para-hydroxylation sites is 1. The number of halogens is 4. The van der Waals surface area contributed by atoms with E-state index in [-0.39, 0.29) is 35.0 Å².